The Morgan fingerprint density at radius 1 is 1.31 bits per heavy atom. The standard InChI is InChI=1S/C11H12BFO3/c1-11(2)7-15-12(16-10(11)14)8-3-5-9(13)6-4-8/h3-6H,7H2,1-2H3. The maximum absolute atomic E-state index is 12.7. The van der Waals surface area contributed by atoms with E-state index in [-0.39, 0.29) is 11.8 Å². The summed E-state index contributed by atoms with van der Waals surface area (Å²) >= 11 is 0. The van der Waals surface area contributed by atoms with Gasteiger partial charge < -0.3 is 9.31 Å². The zero-order valence-corrected chi connectivity index (χ0v) is 9.20. The Kier molecular flexibility index (Phi) is 2.72. The molecule has 0 bridgehead atoms. The first kappa shape index (κ1) is 11.1. The van der Waals surface area contributed by atoms with Crippen LogP contribution in [-0.4, -0.2) is 19.7 Å². The number of hydrogen-bond donors (Lipinski definition) is 0. The summed E-state index contributed by atoms with van der Waals surface area (Å²) < 4.78 is 23.3. The predicted octanol–water partition coefficient (Wildman–Crippen LogP) is 1.12. The Morgan fingerprint density at radius 3 is 2.50 bits per heavy atom. The van der Waals surface area contributed by atoms with E-state index in [1.807, 2.05) is 0 Å². The largest absolute Gasteiger partial charge is 0.564 e. The van der Waals surface area contributed by atoms with Gasteiger partial charge in [-0.25, -0.2) is 4.39 Å². The lowest BCUT2D eigenvalue weighted by molar-refractivity contribution is -0.152. The topological polar surface area (TPSA) is 35.5 Å². The highest BCUT2D eigenvalue weighted by Crippen LogP contribution is 2.23. The molecule has 0 unspecified atom stereocenters. The third-order valence-corrected chi connectivity index (χ3v) is 2.50. The zero-order chi connectivity index (χ0) is 11.8. The minimum absolute atomic E-state index is 0.298. The lowest BCUT2D eigenvalue weighted by atomic mass is 9.76. The Morgan fingerprint density at radius 2 is 1.94 bits per heavy atom. The van der Waals surface area contributed by atoms with Gasteiger partial charge in [0.05, 0.1) is 5.41 Å². The van der Waals surface area contributed by atoms with Crippen LogP contribution in [0.1, 0.15) is 13.8 Å². The highest BCUT2D eigenvalue weighted by Gasteiger charge is 2.41. The minimum Gasteiger partial charge on any atom is -0.505 e. The van der Waals surface area contributed by atoms with Crippen LogP contribution in [0.3, 0.4) is 0 Å². The van der Waals surface area contributed by atoms with Gasteiger partial charge in [-0.1, -0.05) is 12.1 Å². The second-order valence-electron chi connectivity index (χ2n) is 4.48. The van der Waals surface area contributed by atoms with Crippen molar-refractivity contribution in [3.63, 3.8) is 0 Å². The molecule has 3 nitrogen and oxygen atoms in total. The van der Waals surface area contributed by atoms with E-state index >= 15 is 0 Å². The Bertz CT molecular complexity index is 402. The second kappa shape index (κ2) is 3.90. The molecule has 0 N–H and O–H groups in total. The van der Waals surface area contributed by atoms with Crippen molar-refractivity contribution >= 4 is 18.6 Å². The van der Waals surface area contributed by atoms with E-state index in [9.17, 15) is 9.18 Å². The Labute approximate surface area is 93.7 Å². The molecule has 1 fully saturated rings. The van der Waals surface area contributed by atoms with Gasteiger partial charge in [0.15, 0.2) is 0 Å². The maximum Gasteiger partial charge on any atom is 0.564 e. The molecule has 0 aliphatic carbocycles. The molecule has 0 spiro atoms. The van der Waals surface area contributed by atoms with Gasteiger partial charge in [0.2, 0.25) is 0 Å². The summed E-state index contributed by atoms with van der Waals surface area (Å²) in [6.07, 6.45) is 0. The molecule has 16 heavy (non-hydrogen) atoms. The molecule has 0 saturated carbocycles. The summed E-state index contributed by atoms with van der Waals surface area (Å²) in [6.45, 7) is 3.82. The molecule has 1 aromatic rings. The third-order valence-electron chi connectivity index (χ3n) is 2.50. The lowest BCUT2D eigenvalue weighted by Gasteiger charge is -2.31. The molecule has 0 atom stereocenters. The van der Waals surface area contributed by atoms with E-state index in [4.69, 9.17) is 9.31 Å². The average molecular weight is 222 g/mol. The molecule has 0 aromatic heterocycles. The van der Waals surface area contributed by atoms with Crippen molar-refractivity contribution in [1.82, 2.24) is 0 Å². The van der Waals surface area contributed by atoms with Crippen LogP contribution in [0, 0.1) is 11.2 Å². The first-order valence-corrected chi connectivity index (χ1v) is 5.07. The SMILES string of the molecule is CC1(C)COB(c2ccc(F)cc2)OC1=O. The highest BCUT2D eigenvalue weighted by atomic mass is 19.1. The van der Waals surface area contributed by atoms with Crippen molar-refractivity contribution in [3.05, 3.63) is 30.1 Å². The monoisotopic (exact) mass is 222 g/mol. The highest BCUT2D eigenvalue weighted by molar-refractivity contribution is 6.63. The van der Waals surface area contributed by atoms with Gasteiger partial charge in [-0.15, -0.1) is 0 Å². The van der Waals surface area contributed by atoms with Gasteiger partial charge in [-0.3, -0.25) is 4.79 Å². The lowest BCUT2D eigenvalue weighted by Crippen LogP contribution is -2.50. The molecule has 0 radical (unpaired) electrons. The molecule has 2 rings (SSSR count). The number of benzene rings is 1. The molecule has 1 aliphatic rings. The van der Waals surface area contributed by atoms with Crippen LogP contribution in [0.4, 0.5) is 4.39 Å². The minimum atomic E-state index is -0.721. The molecule has 1 saturated heterocycles. The van der Waals surface area contributed by atoms with E-state index in [1.165, 1.54) is 12.1 Å². The summed E-state index contributed by atoms with van der Waals surface area (Å²) in [5, 5.41) is 0. The van der Waals surface area contributed by atoms with Crippen molar-refractivity contribution in [2.75, 3.05) is 6.61 Å². The van der Waals surface area contributed by atoms with Crippen LogP contribution in [0.5, 0.6) is 0 Å². The van der Waals surface area contributed by atoms with E-state index in [0.29, 0.717) is 12.1 Å². The Balaban J connectivity index is 2.14. The smallest absolute Gasteiger partial charge is 0.505 e. The molecule has 0 amide bonds. The quantitative estimate of drug-likeness (QED) is 0.668. The van der Waals surface area contributed by atoms with E-state index in [1.54, 1.807) is 26.0 Å². The molecule has 1 aromatic carbocycles. The zero-order valence-electron chi connectivity index (χ0n) is 9.20. The summed E-state index contributed by atoms with van der Waals surface area (Å²) in [7, 11) is -0.721. The number of carbonyl (C=O) groups excluding carboxylic acids is 1. The summed E-state index contributed by atoms with van der Waals surface area (Å²) in [6, 6.07) is 5.72. The summed E-state index contributed by atoms with van der Waals surface area (Å²) in [4.78, 5) is 11.6. The Hall–Kier alpha value is -1.36. The summed E-state index contributed by atoms with van der Waals surface area (Å²) in [5.41, 5.74) is 0.0292. The molecule has 84 valence electrons. The van der Waals surface area contributed by atoms with Crippen LogP contribution in [0.2, 0.25) is 0 Å². The van der Waals surface area contributed by atoms with Crippen molar-refractivity contribution in [2.24, 2.45) is 5.41 Å². The molecule has 5 heteroatoms. The first-order chi connectivity index (χ1) is 7.49. The van der Waals surface area contributed by atoms with Crippen molar-refractivity contribution < 1.29 is 18.5 Å². The number of rotatable bonds is 1. The average Bonchev–Trinajstić information content (AvgIpc) is 2.24. The van der Waals surface area contributed by atoms with Gasteiger partial charge in [-0.05, 0) is 31.4 Å². The number of halogens is 1. The van der Waals surface area contributed by atoms with Gasteiger partial charge in [0.25, 0.3) is 5.97 Å². The normalized spacial score (nSPS) is 19.4. The fourth-order valence-electron chi connectivity index (χ4n) is 1.42. The van der Waals surface area contributed by atoms with E-state index < -0.39 is 12.5 Å². The van der Waals surface area contributed by atoms with Gasteiger partial charge in [-0.2, -0.15) is 0 Å². The van der Waals surface area contributed by atoms with Crippen LogP contribution in [-0.2, 0) is 14.1 Å². The molecule has 1 aliphatic heterocycles. The van der Waals surface area contributed by atoms with Crippen molar-refractivity contribution in [2.45, 2.75) is 13.8 Å². The number of carbonyl (C=O) groups is 1. The van der Waals surface area contributed by atoms with Gasteiger partial charge in [0, 0.05) is 6.61 Å². The summed E-state index contributed by atoms with van der Waals surface area (Å²) in [5.74, 6) is -0.626. The molecule has 1 heterocycles. The van der Waals surface area contributed by atoms with Gasteiger partial charge in [0.1, 0.15) is 5.82 Å². The van der Waals surface area contributed by atoms with Gasteiger partial charge >= 0.3 is 7.12 Å². The van der Waals surface area contributed by atoms with E-state index in [2.05, 4.69) is 0 Å². The van der Waals surface area contributed by atoms with Crippen molar-refractivity contribution in [3.8, 4) is 0 Å². The number of hydrogen-bond acceptors (Lipinski definition) is 3. The predicted molar refractivity (Wildman–Crippen MR) is 57.6 cm³/mol. The van der Waals surface area contributed by atoms with E-state index in [0.717, 1.165) is 0 Å². The van der Waals surface area contributed by atoms with Crippen LogP contribution < -0.4 is 5.46 Å². The maximum atomic E-state index is 12.7. The van der Waals surface area contributed by atoms with Crippen LogP contribution in [0.25, 0.3) is 0 Å². The fourth-order valence-corrected chi connectivity index (χ4v) is 1.42. The van der Waals surface area contributed by atoms with Crippen molar-refractivity contribution in [1.29, 1.82) is 0 Å². The molecular weight excluding hydrogens is 210 g/mol. The molecular formula is C11H12BFO3. The first-order valence-electron chi connectivity index (χ1n) is 5.07. The third kappa shape index (κ3) is 2.09. The van der Waals surface area contributed by atoms with Crippen LogP contribution in [0.15, 0.2) is 24.3 Å². The van der Waals surface area contributed by atoms with Crippen LogP contribution >= 0.6 is 0 Å². The second-order valence-corrected chi connectivity index (χ2v) is 4.48. The fraction of sp³-hybridized carbons (Fsp3) is 0.364.